The van der Waals surface area contributed by atoms with E-state index in [0.29, 0.717) is 25.9 Å². The van der Waals surface area contributed by atoms with Gasteiger partial charge in [0.2, 0.25) is 5.91 Å². The largest absolute Gasteiger partial charge is 0.466 e. The van der Waals surface area contributed by atoms with E-state index in [1.165, 1.54) is 295 Å². The lowest BCUT2D eigenvalue weighted by Gasteiger charge is -2.22. The summed E-state index contributed by atoms with van der Waals surface area (Å²) in [7, 11) is 0. The first-order valence-corrected chi connectivity index (χ1v) is 34.7. The third-order valence-electron chi connectivity index (χ3n) is 16.2. The van der Waals surface area contributed by atoms with Gasteiger partial charge in [-0.1, -0.05) is 320 Å². The van der Waals surface area contributed by atoms with Crippen LogP contribution in [0.15, 0.2) is 36.5 Å². The summed E-state index contributed by atoms with van der Waals surface area (Å²) in [5.41, 5.74) is 0. The Labute approximate surface area is 481 Å². The average Bonchev–Trinajstić information content (AvgIpc) is 3.43. The Morgan fingerprint density at radius 1 is 0.364 bits per heavy atom. The fourth-order valence-corrected chi connectivity index (χ4v) is 10.8. The summed E-state index contributed by atoms with van der Waals surface area (Å²) in [5.74, 6) is -0.0232. The van der Waals surface area contributed by atoms with Crippen molar-refractivity contribution in [3.63, 3.8) is 0 Å². The molecule has 0 aromatic carbocycles. The van der Waals surface area contributed by atoms with Gasteiger partial charge in [0, 0.05) is 12.8 Å². The van der Waals surface area contributed by atoms with Crippen LogP contribution in [0, 0.1) is 0 Å². The van der Waals surface area contributed by atoms with E-state index in [-0.39, 0.29) is 18.5 Å². The SMILES string of the molecule is CCCCCCCC/C=C\CCCCCCCCCCCC(=O)OCCCCCCCCCCC/C=C\C/C=C\CCCCCCCCCCCCCCCC(=O)NC(CO)C(O)CCCCCCCCCCCCCC. The van der Waals surface area contributed by atoms with E-state index in [9.17, 15) is 19.8 Å². The fourth-order valence-electron chi connectivity index (χ4n) is 10.8. The molecule has 0 spiro atoms. The van der Waals surface area contributed by atoms with Crippen LogP contribution >= 0.6 is 0 Å². The van der Waals surface area contributed by atoms with Crippen LogP contribution in [-0.4, -0.2) is 47.4 Å². The maximum Gasteiger partial charge on any atom is 0.305 e. The minimum atomic E-state index is -0.664. The van der Waals surface area contributed by atoms with Gasteiger partial charge in [0.1, 0.15) is 0 Å². The third-order valence-corrected chi connectivity index (χ3v) is 16.2. The first kappa shape index (κ1) is 75.1. The highest BCUT2D eigenvalue weighted by Crippen LogP contribution is 2.18. The molecule has 0 rings (SSSR count). The number of aliphatic hydroxyl groups excluding tert-OH is 2. The minimum absolute atomic E-state index is 0.0119. The second-order valence-electron chi connectivity index (χ2n) is 23.9. The van der Waals surface area contributed by atoms with Gasteiger partial charge in [-0.15, -0.1) is 0 Å². The van der Waals surface area contributed by atoms with Crippen molar-refractivity contribution in [2.75, 3.05) is 13.2 Å². The molecule has 3 N–H and O–H groups in total. The predicted octanol–water partition coefficient (Wildman–Crippen LogP) is 22.3. The van der Waals surface area contributed by atoms with E-state index < -0.39 is 12.1 Å². The lowest BCUT2D eigenvalue weighted by atomic mass is 10.0. The molecule has 77 heavy (non-hydrogen) atoms. The van der Waals surface area contributed by atoms with Crippen molar-refractivity contribution < 1.29 is 24.5 Å². The van der Waals surface area contributed by atoms with Gasteiger partial charge < -0.3 is 20.3 Å². The van der Waals surface area contributed by atoms with Crippen molar-refractivity contribution in [2.45, 2.75) is 392 Å². The van der Waals surface area contributed by atoms with Crippen LogP contribution in [0.4, 0.5) is 0 Å². The maximum absolute atomic E-state index is 12.5. The highest BCUT2D eigenvalue weighted by atomic mass is 16.5. The zero-order valence-corrected chi connectivity index (χ0v) is 52.0. The molecule has 0 aromatic heterocycles. The standard InChI is InChI=1S/C71H135NO5/c1-3-5-7-9-11-13-15-17-18-19-31-35-38-41-45-49-53-57-61-65-71(76)77-66-62-58-54-50-46-42-39-36-33-30-28-26-24-22-20-21-23-25-27-29-32-34-37-40-44-48-52-56-60-64-70(75)72-68(67-73)69(74)63-59-55-51-47-43-16-14-12-10-8-6-4-2/h17-18,20,22,26,28,68-69,73-74H,3-16,19,21,23-25,27,29-67H2,1-2H3,(H,72,75)/b18-17-,22-20-,28-26-. The molecular formula is C71H135NO5. The zero-order valence-electron chi connectivity index (χ0n) is 52.0. The Kier molecular flexibility index (Phi) is 64.9. The summed E-state index contributed by atoms with van der Waals surface area (Å²) in [4.78, 5) is 24.6. The summed E-state index contributed by atoms with van der Waals surface area (Å²) in [6.45, 7) is 4.96. The quantitative estimate of drug-likeness (QED) is 0.0320. The van der Waals surface area contributed by atoms with Crippen molar-refractivity contribution in [2.24, 2.45) is 0 Å². The summed E-state index contributed by atoms with van der Waals surface area (Å²) in [5, 5.41) is 23.2. The molecule has 0 aromatic rings. The minimum Gasteiger partial charge on any atom is -0.466 e. The van der Waals surface area contributed by atoms with Crippen LogP contribution in [0.2, 0.25) is 0 Å². The van der Waals surface area contributed by atoms with Gasteiger partial charge in [-0.05, 0) is 83.5 Å². The highest BCUT2D eigenvalue weighted by molar-refractivity contribution is 5.76. The number of ether oxygens (including phenoxy) is 1. The predicted molar refractivity (Wildman–Crippen MR) is 338 cm³/mol. The molecule has 454 valence electrons. The van der Waals surface area contributed by atoms with Crippen LogP contribution in [0.3, 0.4) is 0 Å². The van der Waals surface area contributed by atoms with Gasteiger partial charge in [-0.2, -0.15) is 0 Å². The molecule has 0 fully saturated rings. The summed E-state index contributed by atoms with van der Waals surface area (Å²) in [6, 6.07) is -0.541. The Morgan fingerprint density at radius 3 is 1.00 bits per heavy atom. The molecule has 6 heteroatoms. The first-order chi connectivity index (χ1) is 38.0. The number of carbonyl (C=O) groups is 2. The number of hydrogen-bond acceptors (Lipinski definition) is 5. The molecule has 0 radical (unpaired) electrons. The molecule has 0 aliphatic heterocycles. The van der Waals surface area contributed by atoms with Gasteiger partial charge in [-0.25, -0.2) is 0 Å². The number of allylic oxidation sites excluding steroid dienone is 6. The number of unbranched alkanes of at least 4 members (excludes halogenated alkanes) is 48. The van der Waals surface area contributed by atoms with Crippen molar-refractivity contribution in [1.82, 2.24) is 5.32 Å². The number of carbonyl (C=O) groups excluding carboxylic acids is 2. The topological polar surface area (TPSA) is 95.9 Å². The molecule has 0 aliphatic rings. The van der Waals surface area contributed by atoms with Crippen molar-refractivity contribution >= 4 is 11.9 Å². The van der Waals surface area contributed by atoms with E-state index in [0.717, 1.165) is 51.4 Å². The lowest BCUT2D eigenvalue weighted by molar-refractivity contribution is -0.143. The number of aliphatic hydroxyl groups is 2. The van der Waals surface area contributed by atoms with Gasteiger partial charge in [0.15, 0.2) is 0 Å². The van der Waals surface area contributed by atoms with Crippen LogP contribution in [0.5, 0.6) is 0 Å². The van der Waals surface area contributed by atoms with Gasteiger partial charge in [-0.3, -0.25) is 9.59 Å². The molecule has 0 aliphatic carbocycles. The zero-order chi connectivity index (χ0) is 55.7. The molecule has 2 atom stereocenters. The highest BCUT2D eigenvalue weighted by Gasteiger charge is 2.20. The van der Waals surface area contributed by atoms with Gasteiger partial charge >= 0.3 is 5.97 Å². The Hall–Kier alpha value is -1.92. The van der Waals surface area contributed by atoms with Gasteiger partial charge in [0.05, 0.1) is 25.4 Å². The fraction of sp³-hybridized carbons (Fsp3) is 0.887. The molecule has 2 unspecified atom stereocenters. The van der Waals surface area contributed by atoms with E-state index in [1.807, 2.05) is 0 Å². The third kappa shape index (κ3) is 63.1. The van der Waals surface area contributed by atoms with Gasteiger partial charge in [0.25, 0.3) is 0 Å². The maximum atomic E-state index is 12.5. The second-order valence-corrected chi connectivity index (χ2v) is 23.9. The van der Waals surface area contributed by atoms with Crippen LogP contribution < -0.4 is 5.32 Å². The smallest absolute Gasteiger partial charge is 0.305 e. The number of esters is 1. The number of rotatable bonds is 65. The molecule has 1 amide bonds. The van der Waals surface area contributed by atoms with Crippen molar-refractivity contribution in [3.8, 4) is 0 Å². The molecule has 0 saturated heterocycles. The summed E-state index contributed by atoms with van der Waals surface area (Å²) >= 11 is 0. The first-order valence-electron chi connectivity index (χ1n) is 34.7. The molecule has 0 bridgehead atoms. The summed E-state index contributed by atoms with van der Waals surface area (Å²) < 4.78 is 5.50. The Balaban J connectivity index is 3.38. The Bertz CT molecular complexity index is 1250. The molecule has 0 saturated carbocycles. The number of hydrogen-bond donors (Lipinski definition) is 3. The van der Waals surface area contributed by atoms with E-state index in [4.69, 9.17) is 4.74 Å². The molecule has 6 nitrogen and oxygen atoms in total. The molecular weight excluding hydrogens is 947 g/mol. The monoisotopic (exact) mass is 1080 g/mol. The van der Waals surface area contributed by atoms with E-state index in [1.54, 1.807) is 0 Å². The summed E-state index contributed by atoms with van der Waals surface area (Å²) in [6.07, 6.45) is 84.8. The van der Waals surface area contributed by atoms with E-state index in [2.05, 4.69) is 55.6 Å². The lowest BCUT2D eigenvalue weighted by Crippen LogP contribution is -2.45. The van der Waals surface area contributed by atoms with Crippen LogP contribution in [0.25, 0.3) is 0 Å². The second kappa shape index (κ2) is 66.6. The number of amides is 1. The normalized spacial score (nSPS) is 12.7. The van der Waals surface area contributed by atoms with E-state index >= 15 is 0 Å². The Morgan fingerprint density at radius 2 is 0.649 bits per heavy atom. The number of nitrogens with one attached hydrogen (secondary N) is 1. The van der Waals surface area contributed by atoms with Crippen LogP contribution in [-0.2, 0) is 14.3 Å². The van der Waals surface area contributed by atoms with Crippen molar-refractivity contribution in [1.29, 1.82) is 0 Å². The molecule has 0 heterocycles. The average molecular weight is 1080 g/mol. The van der Waals surface area contributed by atoms with Crippen LogP contribution in [0.1, 0.15) is 380 Å². The van der Waals surface area contributed by atoms with Crippen molar-refractivity contribution in [3.05, 3.63) is 36.5 Å².